The number of rotatable bonds is 2. The molecule has 0 N–H and O–H groups in total. The first-order chi connectivity index (χ1) is 7.86. The van der Waals surface area contributed by atoms with Gasteiger partial charge in [0.15, 0.2) is 0 Å². The Labute approximate surface area is 104 Å². The minimum Gasteiger partial charge on any atom is -0.196 e. The van der Waals surface area contributed by atoms with Gasteiger partial charge in [0.1, 0.15) is 12.2 Å². The second kappa shape index (κ2) is 5.34. The van der Waals surface area contributed by atoms with Gasteiger partial charge in [0.05, 0.1) is 21.7 Å². The van der Waals surface area contributed by atoms with Crippen LogP contribution in [0.1, 0.15) is 5.56 Å². The molecule has 0 amide bonds. The maximum atomic E-state index is 12.4. The number of azo groups is 1. The topological polar surface area (TPSA) is 48.5 Å². The summed E-state index contributed by atoms with van der Waals surface area (Å²) < 4.78 is 37.1. The summed E-state index contributed by atoms with van der Waals surface area (Å²) >= 11 is 11.2. The predicted octanol–water partition coefficient (Wildman–Crippen LogP) is 4.62. The van der Waals surface area contributed by atoms with Gasteiger partial charge in [0, 0.05) is 0 Å². The normalized spacial score (nSPS) is 11.8. The average molecular weight is 282 g/mol. The lowest BCUT2D eigenvalue weighted by atomic mass is 10.2. The van der Waals surface area contributed by atoms with E-state index in [-0.39, 0.29) is 22.3 Å². The summed E-state index contributed by atoms with van der Waals surface area (Å²) in [6.07, 6.45) is -4.53. The van der Waals surface area contributed by atoms with Crippen LogP contribution in [0.15, 0.2) is 22.4 Å². The maximum Gasteiger partial charge on any atom is 0.416 e. The highest BCUT2D eigenvalue weighted by Gasteiger charge is 2.32. The molecule has 0 aliphatic carbocycles. The molecule has 8 heteroatoms. The molecule has 1 aromatic carbocycles. The number of halogens is 5. The van der Waals surface area contributed by atoms with Crippen LogP contribution in [-0.2, 0) is 6.18 Å². The Morgan fingerprint density at radius 3 is 2.18 bits per heavy atom. The molecule has 90 valence electrons. The van der Waals surface area contributed by atoms with Crippen LogP contribution in [0.25, 0.3) is 0 Å². The van der Waals surface area contributed by atoms with E-state index in [1.165, 1.54) is 0 Å². The van der Waals surface area contributed by atoms with Crippen LogP contribution in [-0.4, -0.2) is 6.54 Å². The third kappa shape index (κ3) is 3.58. The monoisotopic (exact) mass is 281 g/mol. The maximum absolute atomic E-state index is 12.4. The first-order valence-electron chi connectivity index (χ1n) is 4.17. The van der Waals surface area contributed by atoms with Crippen molar-refractivity contribution in [3.63, 3.8) is 0 Å². The lowest BCUT2D eigenvalue weighted by molar-refractivity contribution is -0.137. The van der Waals surface area contributed by atoms with Gasteiger partial charge in [-0.15, -0.1) is 0 Å². The van der Waals surface area contributed by atoms with E-state index in [1.54, 1.807) is 6.07 Å². The molecule has 0 saturated carbocycles. The van der Waals surface area contributed by atoms with E-state index in [4.69, 9.17) is 28.5 Å². The van der Waals surface area contributed by atoms with Crippen LogP contribution in [0, 0.1) is 11.3 Å². The van der Waals surface area contributed by atoms with Gasteiger partial charge in [-0.3, -0.25) is 0 Å². The van der Waals surface area contributed by atoms with Gasteiger partial charge >= 0.3 is 6.18 Å². The molecular weight excluding hydrogens is 278 g/mol. The van der Waals surface area contributed by atoms with Gasteiger partial charge in [-0.25, -0.2) is 0 Å². The van der Waals surface area contributed by atoms with Gasteiger partial charge in [-0.2, -0.15) is 28.7 Å². The number of nitriles is 1. The molecule has 0 aliphatic rings. The summed E-state index contributed by atoms with van der Waals surface area (Å²) in [5.41, 5.74) is -1.05. The Morgan fingerprint density at radius 2 is 1.76 bits per heavy atom. The van der Waals surface area contributed by atoms with Crippen LogP contribution in [0.5, 0.6) is 0 Å². The molecule has 1 rings (SSSR count). The van der Waals surface area contributed by atoms with E-state index in [2.05, 4.69) is 10.2 Å². The summed E-state index contributed by atoms with van der Waals surface area (Å²) in [5, 5.41) is 14.5. The van der Waals surface area contributed by atoms with Crippen LogP contribution >= 0.6 is 23.2 Å². The zero-order valence-electron chi connectivity index (χ0n) is 8.09. The van der Waals surface area contributed by atoms with Crippen LogP contribution in [0.4, 0.5) is 18.9 Å². The Kier molecular flexibility index (Phi) is 4.32. The Balaban J connectivity index is 3.16. The number of nitrogens with zero attached hydrogens (tertiary/aromatic N) is 3. The lowest BCUT2D eigenvalue weighted by Crippen LogP contribution is -2.04. The highest BCUT2D eigenvalue weighted by molar-refractivity contribution is 6.38. The van der Waals surface area contributed by atoms with E-state index in [0.717, 1.165) is 0 Å². The number of benzene rings is 1. The molecule has 17 heavy (non-hydrogen) atoms. The molecule has 1 aromatic rings. The molecule has 0 atom stereocenters. The van der Waals surface area contributed by atoms with Crippen LogP contribution < -0.4 is 0 Å². The SMILES string of the molecule is N#CC/N=N/c1c(Cl)cc(C(F)(F)F)cc1Cl. The smallest absolute Gasteiger partial charge is 0.196 e. The fourth-order valence-corrected chi connectivity index (χ4v) is 1.53. The zero-order chi connectivity index (χ0) is 13.1. The van der Waals surface area contributed by atoms with Gasteiger partial charge < -0.3 is 0 Å². The summed E-state index contributed by atoms with van der Waals surface area (Å²) in [4.78, 5) is 0. The number of hydrogen-bond donors (Lipinski definition) is 0. The summed E-state index contributed by atoms with van der Waals surface area (Å²) in [6.45, 7) is -0.228. The Bertz CT molecular complexity index is 468. The zero-order valence-corrected chi connectivity index (χ0v) is 9.61. The minimum absolute atomic E-state index is 0.0865. The van der Waals surface area contributed by atoms with Crippen LogP contribution in [0.2, 0.25) is 10.0 Å². The summed E-state index contributed by atoms with van der Waals surface area (Å²) in [5.74, 6) is 0. The molecule has 0 heterocycles. The fraction of sp³-hybridized carbons (Fsp3) is 0.222. The summed E-state index contributed by atoms with van der Waals surface area (Å²) in [6, 6.07) is 3.09. The molecule has 0 unspecified atom stereocenters. The Morgan fingerprint density at radius 1 is 1.24 bits per heavy atom. The van der Waals surface area contributed by atoms with Crippen molar-refractivity contribution in [2.24, 2.45) is 10.2 Å². The highest BCUT2D eigenvalue weighted by Crippen LogP contribution is 2.39. The van der Waals surface area contributed by atoms with Crippen molar-refractivity contribution in [2.45, 2.75) is 6.18 Å². The van der Waals surface area contributed by atoms with Crippen molar-refractivity contribution in [1.29, 1.82) is 5.26 Å². The van der Waals surface area contributed by atoms with E-state index >= 15 is 0 Å². The third-order valence-electron chi connectivity index (χ3n) is 1.66. The van der Waals surface area contributed by atoms with E-state index < -0.39 is 11.7 Å². The minimum atomic E-state index is -4.53. The van der Waals surface area contributed by atoms with Crippen molar-refractivity contribution in [3.05, 3.63) is 27.7 Å². The quantitative estimate of drug-likeness (QED) is 0.576. The highest BCUT2D eigenvalue weighted by atomic mass is 35.5. The summed E-state index contributed by atoms with van der Waals surface area (Å²) in [7, 11) is 0. The van der Waals surface area contributed by atoms with Crippen molar-refractivity contribution >= 4 is 28.9 Å². The van der Waals surface area contributed by atoms with E-state index in [9.17, 15) is 13.2 Å². The third-order valence-corrected chi connectivity index (χ3v) is 2.23. The van der Waals surface area contributed by atoms with Gasteiger partial charge in [-0.1, -0.05) is 23.2 Å². The second-order valence-electron chi connectivity index (χ2n) is 2.84. The van der Waals surface area contributed by atoms with E-state index in [1.807, 2.05) is 0 Å². The number of alkyl halides is 3. The number of hydrogen-bond acceptors (Lipinski definition) is 3. The standard InChI is InChI=1S/C9H4Cl2F3N3/c10-6-3-5(9(12,13)14)4-7(11)8(6)17-16-2-1-15/h3-4H,2H2/b17-16+. The molecular formula is C9H4Cl2F3N3. The van der Waals surface area contributed by atoms with Gasteiger partial charge in [-0.05, 0) is 12.1 Å². The fourth-order valence-electron chi connectivity index (χ4n) is 0.962. The molecule has 0 spiro atoms. The van der Waals surface area contributed by atoms with Crippen molar-refractivity contribution < 1.29 is 13.2 Å². The van der Waals surface area contributed by atoms with Gasteiger partial charge in [0.25, 0.3) is 0 Å². The van der Waals surface area contributed by atoms with E-state index in [0.29, 0.717) is 12.1 Å². The molecule has 0 bridgehead atoms. The van der Waals surface area contributed by atoms with Gasteiger partial charge in [0.2, 0.25) is 0 Å². The molecule has 0 fully saturated rings. The van der Waals surface area contributed by atoms with Crippen LogP contribution in [0.3, 0.4) is 0 Å². The lowest BCUT2D eigenvalue weighted by Gasteiger charge is -2.09. The Hall–Kier alpha value is -1.32. The molecule has 3 nitrogen and oxygen atoms in total. The van der Waals surface area contributed by atoms with Crippen molar-refractivity contribution in [2.75, 3.05) is 6.54 Å². The first kappa shape index (κ1) is 13.7. The van der Waals surface area contributed by atoms with Crippen molar-refractivity contribution in [3.8, 4) is 6.07 Å². The molecule has 0 aromatic heterocycles. The largest absolute Gasteiger partial charge is 0.416 e. The first-order valence-corrected chi connectivity index (χ1v) is 4.92. The van der Waals surface area contributed by atoms with Crippen molar-refractivity contribution in [1.82, 2.24) is 0 Å². The average Bonchev–Trinajstić information content (AvgIpc) is 2.20. The predicted molar refractivity (Wildman–Crippen MR) is 56.5 cm³/mol. The molecule has 0 radical (unpaired) electrons. The molecule has 0 aliphatic heterocycles. The second-order valence-corrected chi connectivity index (χ2v) is 3.66. The molecule has 0 saturated heterocycles.